The highest BCUT2D eigenvalue weighted by Gasteiger charge is 2.25. The molecule has 0 spiro atoms. The van der Waals surface area contributed by atoms with E-state index in [4.69, 9.17) is 4.74 Å². The van der Waals surface area contributed by atoms with E-state index in [9.17, 15) is 9.59 Å². The smallest absolute Gasteiger partial charge is 0.245 e. The third-order valence-corrected chi connectivity index (χ3v) is 5.08. The maximum atomic E-state index is 12.7. The van der Waals surface area contributed by atoms with E-state index >= 15 is 0 Å². The summed E-state index contributed by atoms with van der Waals surface area (Å²) in [6.45, 7) is 2.88. The van der Waals surface area contributed by atoms with Crippen LogP contribution < -0.4 is 15.0 Å². The van der Waals surface area contributed by atoms with Crippen molar-refractivity contribution >= 4 is 23.3 Å². The lowest BCUT2D eigenvalue weighted by molar-refractivity contribution is -0.121. The second-order valence-corrected chi connectivity index (χ2v) is 7.14. The molecule has 0 radical (unpaired) electrons. The summed E-state index contributed by atoms with van der Waals surface area (Å²) in [5.41, 5.74) is 2.99. The van der Waals surface area contributed by atoms with Crippen LogP contribution in [-0.2, 0) is 22.6 Å². The van der Waals surface area contributed by atoms with Gasteiger partial charge in [0.1, 0.15) is 18.1 Å². The van der Waals surface area contributed by atoms with E-state index in [-0.39, 0.29) is 24.8 Å². The largest absolute Gasteiger partial charge is 0.491 e. The lowest BCUT2D eigenvalue weighted by Gasteiger charge is -2.21. The summed E-state index contributed by atoms with van der Waals surface area (Å²) in [4.78, 5) is 26.7. The number of carbonyl (C=O) groups excluding carboxylic acids is 2. The number of amides is 2. The summed E-state index contributed by atoms with van der Waals surface area (Å²) in [6, 6.07) is 17.3. The molecule has 0 bridgehead atoms. The molecule has 3 aromatic rings. The molecule has 1 aliphatic rings. The zero-order valence-corrected chi connectivity index (χ0v) is 16.9. The Labute approximate surface area is 175 Å². The molecule has 7 nitrogen and oxygen atoms in total. The number of hydrogen-bond acceptors (Lipinski definition) is 4. The van der Waals surface area contributed by atoms with Crippen LogP contribution in [0.25, 0.3) is 0 Å². The van der Waals surface area contributed by atoms with E-state index in [0.717, 1.165) is 12.0 Å². The Hall–Kier alpha value is -3.61. The van der Waals surface area contributed by atoms with Crippen molar-refractivity contribution in [2.24, 2.45) is 0 Å². The van der Waals surface area contributed by atoms with E-state index in [1.165, 1.54) is 10.5 Å². The Morgan fingerprint density at radius 1 is 1.10 bits per heavy atom. The number of aromatic nitrogens is 2. The number of nitrogens with one attached hydrogen (secondary N) is 1. The number of ether oxygens (including phenoxy) is 1. The average Bonchev–Trinajstić information content (AvgIpc) is 3.12. The van der Waals surface area contributed by atoms with Gasteiger partial charge in [0.25, 0.3) is 0 Å². The van der Waals surface area contributed by atoms with Crippen LogP contribution in [0, 0.1) is 0 Å². The zero-order valence-electron chi connectivity index (χ0n) is 16.9. The van der Waals surface area contributed by atoms with E-state index < -0.39 is 0 Å². The molecule has 30 heavy (non-hydrogen) atoms. The number of fused-ring (bicyclic) bond motifs is 1. The molecule has 0 fully saturated rings. The molecule has 1 aliphatic heterocycles. The van der Waals surface area contributed by atoms with Crippen LogP contribution in [0.5, 0.6) is 5.75 Å². The average molecular weight is 404 g/mol. The SMILES string of the molecule is CCc1ccc(Cn2nccc2NC(=O)CN2C(=O)CCOc3ccccc32)cc1. The highest BCUT2D eigenvalue weighted by Crippen LogP contribution is 2.30. The monoisotopic (exact) mass is 404 g/mol. The van der Waals surface area contributed by atoms with Gasteiger partial charge in [-0.2, -0.15) is 5.10 Å². The Kier molecular flexibility index (Phi) is 5.79. The summed E-state index contributed by atoms with van der Waals surface area (Å²) in [6.07, 6.45) is 2.87. The van der Waals surface area contributed by atoms with Crippen LogP contribution in [-0.4, -0.2) is 34.7 Å². The Morgan fingerprint density at radius 2 is 1.87 bits per heavy atom. The van der Waals surface area contributed by atoms with Gasteiger partial charge in [0.05, 0.1) is 31.5 Å². The van der Waals surface area contributed by atoms with Crippen molar-refractivity contribution in [3.8, 4) is 5.75 Å². The first kappa shape index (κ1) is 19.7. The van der Waals surface area contributed by atoms with Gasteiger partial charge in [-0.25, -0.2) is 4.68 Å². The molecular formula is C23H24N4O3. The molecule has 4 rings (SSSR count). The quantitative estimate of drug-likeness (QED) is 0.684. The standard InChI is InChI=1S/C23H24N4O3/c1-2-17-7-9-18(10-8-17)15-27-21(11-13-24-27)25-22(28)16-26-19-5-3-4-6-20(19)30-14-12-23(26)29/h3-11,13H,2,12,14-16H2,1H3,(H,25,28). The number of nitrogens with zero attached hydrogens (tertiary/aromatic N) is 3. The Morgan fingerprint density at radius 3 is 2.67 bits per heavy atom. The first-order valence-electron chi connectivity index (χ1n) is 10.1. The summed E-state index contributed by atoms with van der Waals surface area (Å²) in [7, 11) is 0. The van der Waals surface area contributed by atoms with Gasteiger partial charge in [-0.1, -0.05) is 43.3 Å². The Bertz CT molecular complexity index is 1040. The summed E-state index contributed by atoms with van der Waals surface area (Å²) >= 11 is 0. The van der Waals surface area contributed by atoms with E-state index in [2.05, 4.69) is 41.6 Å². The fourth-order valence-electron chi connectivity index (χ4n) is 3.44. The van der Waals surface area contributed by atoms with Crippen LogP contribution >= 0.6 is 0 Å². The number of anilines is 2. The molecule has 0 aliphatic carbocycles. The van der Waals surface area contributed by atoms with Crippen molar-refractivity contribution in [1.82, 2.24) is 9.78 Å². The summed E-state index contributed by atoms with van der Waals surface area (Å²) in [5, 5.41) is 7.20. The van der Waals surface area contributed by atoms with Crippen molar-refractivity contribution in [3.05, 3.63) is 71.9 Å². The van der Waals surface area contributed by atoms with E-state index in [1.54, 1.807) is 29.1 Å². The molecule has 0 saturated heterocycles. The highest BCUT2D eigenvalue weighted by atomic mass is 16.5. The molecule has 154 valence electrons. The van der Waals surface area contributed by atoms with Crippen molar-refractivity contribution < 1.29 is 14.3 Å². The van der Waals surface area contributed by atoms with E-state index in [0.29, 0.717) is 30.4 Å². The lowest BCUT2D eigenvalue weighted by atomic mass is 10.1. The van der Waals surface area contributed by atoms with Gasteiger partial charge in [0, 0.05) is 6.07 Å². The summed E-state index contributed by atoms with van der Waals surface area (Å²) in [5.74, 6) is 0.769. The minimum atomic E-state index is -0.289. The topological polar surface area (TPSA) is 76.5 Å². The molecule has 2 aromatic carbocycles. The van der Waals surface area contributed by atoms with Crippen LogP contribution in [0.15, 0.2) is 60.8 Å². The van der Waals surface area contributed by atoms with Crippen LogP contribution in [0.4, 0.5) is 11.5 Å². The van der Waals surface area contributed by atoms with Gasteiger partial charge in [-0.3, -0.25) is 14.5 Å². The molecule has 2 amide bonds. The molecule has 0 saturated carbocycles. The van der Waals surface area contributed by atoms with Gasteiger partial charge >= 0.3 is 0 Å². The number of benzene rings is 2. The highest BCUT2D eigenvalue weighted by molar-refractivity contribution is 6.03. The number of rotatable bonds is 6. The third-order valence-electron chi connectivity index (χ3n) is 5.08. The van der Waals surface area contributed by atoms with Crippen LogP contribution in [0.1, 0.15) is 24.5 Å². The molecule has 7 heteroatoms. The minimum absolute atomic E-state index is 0.0877. The van der Waals surface area contributed by atoms with Crippen molar-refractivity contribution in [1.29, 1.82) is 0 Å². The van der Waals surface area contributed by atoms with Crippen LogP contribution in [0.3, 0.4) is 0 Å². The minimum Gasteiger partial charge on any atom is -0.491 e. The number of carbonyl (C=O) groups is 2. The molecule has 2 heterocycles. The summed E-state index contributed by atoms with van der Waals surface area (Å²) < 4.78 is 7.37. The Balaban J connectivity index is 1.46. The molecule has 0 atom stereocenters. The second-order valence-electron chi connectivity index (χ2n) is 7.14. The predicted molar refractivity (Wildman–Crippen MR) is 115 cm³/mol. The van der Waals surface area contributed by atoms with Crippen molar-refractivity contribution in [2.45, 2.75) is 26.3 Å². The lowest BCUT2D eigenvalue weighted by Crippen LogP contribution is -2.38. The molecule has 0 unspecified atom stereocenters. The van der Waals surface area contributed by atoms with Gasteiger partial charge in [-0.15, -0.1) is 0 Å². The zero-order chi connectivity index (χ0) is 20.9. The van der Waals surface area contributed by atoms with E-state index in [1.807, 2.05) is 12.1 Å². The van der Waals surface area contributed by atoms with Gasteiger partial charge in [-0.05, 0) is 29.7 Å². The molecule has 1 N–H and O–H groups in total. The fourth-order valence-corrected chi connectivity index (χ4v) is 3.44. The maximum Gasteiger partial charge on any atom is 0.245 e. The molecule has 1 aromatic heterocycles. The van der Waals surface area contributed by atoms with Gasteiger partial charge < -0.3 is 10.1 Å². The van der Waals surface area contributed by atoms with Gasteiger partial charge in [0.15, 0.2) is 0 Å². The number of hydrogen-bond donors (Lipinski definition) is 1. The maximum absolute atomic E-state index is 12.7. The number of aryl methyl sites for hydroxylation is 1. The third kappa shape index (κ3) is 4.35. The number of para-hydroxylation sites is 2. The van der Waals surface area contributed by atoms with Crippen LogP contribution in [0.2, 0.25) is 0 Å². The fraction of sp³-hybridized carbons (Fsp3) is 0.261. The normalized spacial score (nSPS) is 13.4. The van der Waals surface area contributed by atoms with Crippen molar-refractivity contribution in [2.75, 3.05) is 23.4 Å². The van der Waals surface area contributed by atoms with Crippen molar-refractivity contribution in [3.63, 3.8) is 0 Å². The first-order valence-corrected chi connectivity index (χ1v) is 10.1. The second kappa shape index (κ2) is 8.82. The van der Waals surface area contributed by atoms with Gasteiger partial charge in [0.2, 0.25) is 11.8 Å². The predicted octanol–water partition coefficient (Wildman–Crippen LogP) is 3.25. The molecular weight excluding hydrogens is 380 g/mol. The first-order chi connectivity index (χ1) is 14.6.